The Bertz CT molecular complexity index is 500. The van der Waals surface area contributed by atoms with Crippen LogP contribution in [-0.2, 0) is 4.74 Å². The summed E-state index contributed by atoms with van der Waals surface area (Å²) in [5, 5.41) is 6.84. The van der Waals surface area contributed by atoms with Crippen LogP contribution in [0.25, 0.3) is 5.57 Å². The molecule has 3 nitrogen and oxygen atoms in total. The van der Waals surface area contributed by atoms with Gasteiger partial charge in [0.05, 0.1) is 12.3 Å². The van der Waals surface area contributed by atoms with E-state index in [4.69, 9.17) is 4.74 Å². The van der Waals surface area contributed by atoms with Crippen LogP contribution in [0.15, 0.2) is 42.8 Å². The maximum Gasteiger partial charge on any atom is 0.115 e. The van der Waals surface area contributed by atoms with Gasteiger partial charge in [-0.15, -0.1) is 0 Å². The molecule has 2 unspecified atom stereocenters. The highest BCUT2D eigenvalue weighted by Crippen LogP contribution is 2.24. The number of ether oxygens (including phenoxy) is 1. The van der Waals surface area contributed by atoms with E-state index in [1.54, 1.807) is 6.20 Å². The van der Waals surface area contributed by atoms with Crippen molar-refractivity contribution in [2.45, 2.75) is 53.4 Å². The highest BCUT2D eigenvalue weighted by Gasteiger charge is 2.14. The van der Waals surface area contributed by atoms with E-state index in [-0.39, 0.29) is 0 Å². The van der Waals surface area contributed by atoms with E-state index in [0.29, 0.717) is 0 Å². The highest BCUT2D eigenvalue weighted by atomic mass is 16.5. The zero-order chi connectivity index (χ0) is 17.1. The number of aromatic amines is 1. The lowest BCUT2D eigenvalue weighted by Crippen LogP contribution is -2.13. The van der Waals surface area contributed by atoms with Gasteiger partial charge in [-0.25, -0.2) is 0 Å². The maximum absolute atomic E-state index is 5.94. The van der Waals surface area contributed by atoms with Crippen molar-refractivity contribution in [1.82, 2.24) is 10.2 Å². The van der Waals surface area contributed by atoms with Crippen LogP contribution in [0.2, 0.25) is 0 Å². The van der Waals surface area contributed by atoms with E-state index in [1.165, 1.54) is 19.3 Å². The molecular formula is C20H32N2O. The molecule has 128 valence electrons. The first-order valence-electron chi connectivity index (χ1n) is 8.78. The normalized spacial score (nSPS) is 14.9. The van der Waals surface area contributed by atoms with Gasteiger partial charge in [-0.2, -0.15) is 5.10 Å². The lowest BCUT2D eigenvalue weighted by atomic mass is 9.86. The predicted octanol–water partition coefficient (Wildman–Crippen LogP) is 5.75. The van der Waals surface area contributed by atoms with Gasteiger partial charge in [-0.05, 0) is 55.0 Å². The van der Waals surface area contributed by atoms with Gasteiger partial charge >= 0.3 is 0 Å². The first-order valence-corrected chi connectivity index (χ1v) is 8.78. The van der Waals surface area contributed by atoms with E-state index in [2.05, 4.69) is 37.5 Å². The number of nitrogens with one attached hydrogen (secondary N) is 1. The molecule has 0 spiro atoms. The number of rotatable bonds is 11. The van der Waals surface area contributed by atoms with Crippen molar-refractivity contribution in [2.24, 2.45) is 11.8 Å². The van der Waals surface area contributed by atoms with Crippen molar-refractivity contribution in [2.75, 3.05) is 6.61 Å². The van der Waals surface area contributed by atoms with Gasteiger partial charge in [-0.1, -0.05) is 46.6 Å². The lowest BCUT2D eigenvalue weighted by molar-refractivity contribution is 0.175. The van der Waals surface area contributed by atoms with Crippen LogP contribution in [0, 0.1) is 11.8 Å². The summed E-state index contributed by atoms with van der Waals surface area (Å²) in [4.78, 5) is 0. The molecule has 0 radical (unpaired) electrons. The molecule has 0 aliphatic rings. The predicted molar refractivity (Wildman–Crippen MR) is 98.9 cm³/mol. The first-order chi connectivity index (χ1) is 11.1. The Hall–Kier alpha value is -1.77. The quantitative estimate of drug-likeness (QED) is 0.417. The Morgan fingerprint density at radius 2 is 2.13 bits per heavy atom. The molecule has 0 fully saturated rings. The fourth-order valence-corrected chi connectivity index (χ4v) is 2.68. The topological polar surface area (TPSA) is 37.9 Å². The molecule has 2 atom stereocenters. The van der Waals surface area contributed by atoms with Crippen LogP contribution >= 0.6 is 0 Å². The number of aromatic nitrogens is 2. The van der Waals surface area contributed by atoms with E-state index < -0.39 is 0 Å². The van der Waals surface area contributed by atoms with Gasteiger partial charge in [-0.3, -0.25) is 5.10 Å². The number of hydrogen-bond acceptors (Lipinski definition) is 2. The third-order valence-corrected chi connectivity index (χ3v) is 4.45. The van der Waals surface area contributed by atoms with E-state index >= 15 is 0 Å². The minimum atomic E-state index is 0.757. The third-order valence-electron chi connectivity index (χ3n) is 4.45. The van der Waals surface area contributed by atoms with Crippen molar-refractivity contribution in [3.05, 3.63) is 48.5 Å². The second kappa shape index (κ2) is 10.9. The van der Waals surface area contributed by atoms with Crippen LogP contribution in [0.3, 0.4) is 0 Å². The Kier molecular flexibility index (Phi) is 9.11. The SMILES string of the molecule is C=C(/C=C\C(=C/C)OCCC(CCC)C(C)CC)c1ccn[nH]1. The minimum Gasteiger partial charge on any atom is -0.494 e. The minimum absolute atomic E-state index is 0.757. The first kappa shape index (κ1) is 19.3. The summed E-state index contributed by atoms with van der Waals surface area (Å²) in [6.45, 7) is 13.7. The summed E-state index contributed by atoms with van der Waals surface area (Å²) >= 11 is 0. The third kappa shape index (κ3) is 6.89. The van der Waals surface area contributed by atoms with E-state index in [0.717, 1.165) is 41.9 Å². The largest absolute Gasteiger partial charge is 0.494 e. The Morgan fingerprint density at radius 1 is 1.35 bits per heavy atom. The zero-order valence-corrected chi connectivity index (χ0v) is 15.1. The second-order valence-electron chi connectivity index (χ2n) is 6.09. The van der Waals surface area contributed by atoms with Crippen LogP contribution in [-0.4, -0.2) is 16.8 Å². The number of nitrogens with zero attached hydrogens (tertiary/aromatic N) is 1. The number of allylic oxidation sites excluding steroid dienone is 4. The van der Waals surface area contributed by atoms with Crippen molar-refractivity contribution in [3.8, 4) is 0 Å². The van der Waals surface area contributed by atoms with E-state index in [9.17, 15) is 0 Å². The van der Waals surface area contributed by atoms with Crippen LogP contribution in [0.4, 0.5) is 0 Å². The lowest BCUT2D eigenvalue weighted by Gasteiger charge is -2.22. The van der Waals surface area contributed by atoms with Crippen LogP contribution in [0.1, 0.15) is 59.1 Å². The molecule has 0 aliphatic carbocycles. The summed E-state index contributed by atoms with van der Waals surface area (Å²) in [5.74, 6) is 2.42. The highest BCUT2D eigenvalue weighted by molar-refractivity contribution is 5.69. The van der Waals surface area contributed by atoms with Crippen molar-refractivity contribution < 1.29 is 4.74 Å². The second-order valence-corrected chi connectivity index (χ2v) is 6.09. The smallest absolute Gasteiger partial charge is 0.115 e. The molecule has 1 N–H and O–H groups in total. The van der Waals surface area contributed by atoms with Crippen LogP contribution < -0.4 is 0 Å². The average molecular weight is 316 g/mol. The van der Waals surface area contributed by atoms with Gasteiger partial charge in [0.1, 0.15) is 5.76 Å². The molecule has 23 heavy (non-hydrogen) atoms. The number of hydrogen-bond donors (Lipinski definition) is 1. The zero-order valence-electron chi connectivity index (χ0n) is 15.1. The van der Waals surface area contributed by atoms with Crippen LogP contribution in [0.5, 0.6) is 0 Å². The summed E-state index contributed by atoms with van der Waals surface area (Å²) in [6.07, 6.45) is 12.5. The molecule has 0 saturated carbocycles. The fourth-order valence-electron chi connectivity index (χ4n) is 2.68. The summed E-state index contributed by atoms with van der Waals surface area (Å²) < 4.78 is 5.94. The molecule has 1 aromatic heterocycles. The maximum atomic E-state index is 5.94. The van der Waals surface area contributed by atoms with E-state index in [1.807, 2.05) is 31.2 Å². The molecule has 3 heteroatoms. The van der Waals surface area contributed by atoms with Gasteiger partial charge in [0.15, 0.2) is 0 Å². The Balaban J connectivity index is 2.46. The molecule has 1 heterocycles. The summed E-state index contributed by atoms with van der Waals surface area (Å²) in [5.41, 5.74) is 1.82. The Labute approximate surface area is 141 Å². The number of H-pyrrole nitrogens is 1. The van der Waals surface area contributed by atoms with Crippen molar-refractivity contribution in [1.29, 1.82) is 0 Å². The summed E-state index contributed by atoms with van der Waals surface area (Å²) in [7, 11) is 0. The molecule has 0 bridgehead atoms. The monoisotopic (exact) mass is 316 g/mol. The molecule has 0 saturated heterocycles. The Morgan fingerprint density at radius 3 is 2.70 bits per heavy atom. The molecule has 1 rings (SSSR count). The molecule has 0 aromatic carbocycles. The van der Waals surface area contributed by atoms with Gasteiger partial charge in [0.25, 0.3) is 0 Å². The van der Waals surface area contributed by atoms with Gasteiger partial charge in [0, 0.05) is 6.20 Å². The molecule has 0 amide bonds. The van der Waals surface area contributed by atoms with Gasteiger partial charge in [0.2, 0.25) is 0 Å². The molecule has 0 aliphatic heterocycles. The van der Waals surface area contributed by atoms with Crippen molar-refractivity contribution in [3.63, 3.8) is 0 Å². The molecule has 1 aromatic rings. The fraction of sp³-hybridized carbons (Fsp3) is 0.550. The molecular weight excluding hydrogens is 284 g/mol. The van der Waals surface area contributed by atoms with Gasteiger partial charge < -0.3 is 4.74 Å². The standard InChI is InChI=1S/C20H32N2O/c1-6-9-18(16(4)7-2)13-15-23-19(8-3)11-10-17(5)20-12-14-21-22-20/h8,10-12,14,16,18H,5-7,9,13,15H2,1-4H3,(H,21,22)/b11-10-,19-8+. The average Bonchev–Trinajstić information content (AvgIpc) is 3.10. The van der Waals surface area contributed by atoms with Crippen molar-refractivity contribution >= 4 is 5.57 Å². The summed E-state index contributed by atoms with van der Waals surface area (Å²) in [6, 6.07) is 1.91.